The van der Waals surface area contributed by atoms with Gasteiger partial charge in [0.1, 0.15) is 5.82 Å². The molecule has 2 aromatic rings. The molecule has 4 nitrogen and oxygen atoms in total. The SMILES string of the molecule is CCCNc1nc(C)cc(N2Cc3ccccc3C2)n1. The van der Waals surface area contributed by atoms with Gasteiger partial charge in [-0.15, -0.1) is 0 Å². The lowest BCUT2D eigenvalue weighted by atomic mass is 10.1. The molecule has 20 heavy (non-hydrogen) atoms. The molecule has 1 aromatic carbocycles. The first-order valence-corrected chi connectivity index (χ1v) is 7.17. The third-order valence-corrected chi connectivity index (χ3v) is 3.54. The van der Waals surface area contributed by atoms with Gasteiger partial charge in [-0.05, 0) is 24.5 Å². The number of aryl methyl sites for hydroxylation is 1. The van der Waals surface area contributed by atoms with Crippen LogP contribution in [0.4, 0.5) is 11.8 Å². The fraction of sp³-hybridized carbons (Fsp3) is 0.375. The third kappa shape index (κ3) is 2.59. The molecule has 3 rings (SSSR count). The Balaban J connectivity index is 1.83. The first kappa shape index (κ1) is 12.9. The van der Waals surface area contributed by atoms with E-state index in [1.807, 2.05) is 6.92 Å². The van der Waals surface area contributed by atoms with Crippen molar-refractivity contribution in [2.24, 2.45) is 0 Å². The lowest BCUT2D eigenvalue weighted by Gasteiger charge is -2.18. The largest absolute Gasteiger partial charge is 0.354 e. The molecule has 4 heteroatoms. The summed E-state index contributed by atoms with van der Waals surface area (Å²) in [6, 6.07) is 10.6. The standard InChI is InChI=1S/C16H20N4/c1-3-8-17-16-18-12(2)9-15(19-16)20-10-13-6-4-5-7-14(13)11-20/h4-7,9H,3,8,10-11H2,1-2H3,(H,17,18,19). The maximum absolute atomic E-state index is 4.64. The molecule has 1 aliphatic rings. The van der Waals surface area contributed by atoms with Crippen LogP contribution in [0.5, 0.6) is 0 Å². The molecule has 0 spiro atoms. The second kappa shape index (κ2) is 5.49. The van der Waals surface area contributed by atoms with E-state index in [2.05, 4.69) is 57.4 Å². The van der Waals surface area contributed by atoms with Gasteiger partial charge in [-0.3, -0.25) is 0 Å². The first-order chi connectivity index (χ1) is 9.76. The minimum absolute atomic E-state index is 0.734. The second-order valence-corrected chi connectivity index (χ2v) is 5.24. The Morgan fingerprint density at radius 2 is 1.85 bits per heavy atom. The Labute approximate surface area is 119 Å². The van der Waals surface area contributed by atoms with E-state index in [0.29, 0.717) is 0 Å². The highest BCUT2D eigenvalue weighted by Gasteiger charge is 2.20. The molecule has 1 N–H and O–H groups in total. The molecule has 0 fully saturated rings. The van der Waals surface area contributed by atoms with E-state index in [9.17, 15) is 0 Å². The summed E-state index contributed by atoms with van der Waals surface area (Å²) in [5, 5.41) is 3.27. The number of nitrogens with zero attached hydrogens (tertiary/aromatic N) is 3. The van der Waals surface area contributed by atoms with Crippen LogP contribution in [0.2, 0.25) is 0 Å². The molecule has 0 radical (unpaired) electrons. The molecule has 0 atom stereocenters. The van der Waals surface area contributed by atoms with Gasteiger partial charge in [0, 0.05) is 31.4 Å². The van der Waals surface area contributed by atoms with Gasteiger partial charge < -0.3 is 10.2 Å². The predicted octanol–water partition coefficient (Wildman–Crippen LogP) is 3.13. The van der Waals surface area contributed by atoms with Crippen LogP contribution in [0.15, 0.2) is 30.3 Å². The summed E-state index contributed by atoms with van der Waals surface area (Å²) in [6.07, 6.45) is 1.07. The molecular formula is C16H20N4. The van der Waals surface area contributed by atoms with Crippen molar-refractivity contribution in [2.45, 2.75) is 33.4 Å². The van der Waals surface area contributed by atoms with Gasteiger partial charge in [0.25, 0.3) is 0 Å². The van der Waals surface area contributed by atoms with Gasteiger partial charge in [0.15, 0.2) is 0 Å². The van der Waals surface area contributed by atoms with Crippen LogP contribution in [-0.2, 0) is 13.1 Å². The monoisotopic (exact) mass is 268 g/mol. The summed E-state index contributed by atoms with van der Waals surface area (Å²) in [6.45, 7) is 6.93. The Morgan fingerprint density at radius 1 is 1.15 bits per heavy atom. The number of benzene rings is 1. The average molecular weight is 268 g/mol. The van der Waals surface area contributed by atoms with Crippen LogP contribution in [0.25, 0.3) is 0 Å². The van der Waals surface area contributed by atoms with Gasteiger partial charge in [0.05, 0.1) is 0 Å². The number of aromatic nitrogens is 2. The fourth-order valence-corrected chi connectivity index (χ4v) is 2.52. The van der Waals surface area contributed by atoms with E-state index in [1.165, 1.54) is 11.1 Å². The van der Waals surface area contributed by atoms with Gasteiger partial charge in [0.2, 0.25) is 5.95 Å². The van der Waals surface area contributed by atoms with E-state index < -0.39 is 0 Å². The summed E-state index contributed by atoms with van der Waals surface area (Å²) in [4.78, 5) is 11.4. The van der Waals surface area contributed by atoms with Crippen LogP contribution in [0.1, 0.15) is 30.2 Å². The maximum Gasteiger partial charge on any atom is 0.224 e. The summed E-state index contributed by atoms with van der Waals surface area (Å²) >= 11 is 0. The van der Waals surface area contributed by atoms with Crippen LogP contribution in [0, 0.1) is 6.92 Å². The van der Waals surface area contributed by atoms with Crippen molar-refractivity contribution in [1.82, 2.24) is 9.97 Å². The van der Waals surface area contributed by atoms with Crippen LogP contribution >= 0.6 is 0 Å². The normalized spacial score (nSPS) is 13.4. The molecule has 2 heterocycles. The molecule has 0 saturated heterocycles. The Bertz CT molecular complexity index is 584. The molecule has 0 amide bonds. The first-order valence-electron chi connectivity index (χ1n) is 7.17. The van der Waals surface area contributed by atoms with Crippen LogP contribution in [0.3, 0.4) is 0 Å². The van der Waals surface area contributed by atoms with Gasteiger partial charge in [-0.25, -0.2) is 4.98 Å². The lowest BCUT2D eigenvalue weighted by Crippen LogP contribution is -2.17. The van der Waals surface area contributed by atoms with E-state index in [0.717, 1.165) is 43.5 Å². The van der Waals surface area contributed by atoms with E-state index in [-0.39, 0.29) is 0 Å². The van der Waals surface area contributed by atoms with Crippen molar-refractivity contribution in [2.75, 3.05) is 16.8 Å². The highest BCUT2D eigenvalue weighted by molar-refractivity contribution is 5.50. The summed E-state index contributed by atoms with van der Waals surface area (Å²) in [5.41, 5.74) is 3.79. The number of hydrogen-bond acceptors (Lipinski definition) is 4. The van der Waals surface area contributed by atoms with Crippen LogP contribution < -0.4 is 10.2 Å². The van der Waals surface area contributed by atoms with Crippen molar-refractivity contribution in [3.63, 3.8) is 0 Å². The summed E-state index contributed by atoms with van der Waals surface area (Å²) < 4.78 is 0. The summed E-state index contributed by atoms with van der Waals surface area (Å²) in [7, 11) is 0. The van der Waals surface area contributed by atoms with Gasteiger partial charge in [-0.1, -0.05) is 31.2 Å². The topological polar surface area (TPSA) is 41.1 Å². The Hall–Kier alpha value is -2.10. The van der Waals surface area contributed by atoms with Crippen molar-refractivity contribution < 1.29 is 0 Å². The minimum atomic E-state index is 0.734. The highest BCUT2D eigenvalue weighted by atomic mass is 15.2. The quantitative estimate of drug-likeness (QED) is 0.925. The van der Waals surface area contributed by atoms with Gasteiger partial charge in [-0.2, -0.15) is 4.98 Å². The molecule has 0 saturated carbocycles. The van der Waals surface area contributed by atoms with Crippen molar-refractivity contribution in [1.29, 1.82) is 0 Å². The van der Waals surface area contributed by atoms with Crippen molar-refractivity contribution in [3.8, 4) is 0 Å². The molecule has 1 aromatic heterocycles. The number of nitrogens with one attached hydrogen (secondary N) is 1. The van der Waals surface area contributed by atoms with Crippen molar-refractivity contribution >= 4 is 11.8 Å². The molecule has 0 bridgehead atoms. The molecule has 0 aliphatic carbocycles. The molecule has 0 unspecified atom stereocenters. The number of rotatable bonds is 4. The number of fused-ring (bicyclic) bond motifs is 1. The highest BCUT2D eigenvalue weighted by Crippen LogP contribution is 2.27. The average Bonchev–Trinajstić information content (AvgIpc) is 2.88. The van der Waals surface area contributed by atoms with E-state index in [4.69, 9.17) is 0 Å². The zero-order valence-corrected chi connectivity index (χ0v) is 12.1. The van der Waals surface area contributed by atoms with Crippen molar-refractivity contribution in [3.05, 3.63) is 47.2 Å². The van der Waals surface area contributed by atoms with Gasteiger partial charge >= 0.3 is 0 Å². The smallest absolute Gasteiger partial charge is 0.224 e. The number of anilines is 2. The summed E-state index contributed by atoms with van der Waals surface area (Å²) in [5.74, 6) is 1.74. The molecule has 104 valence electrons. The molecule has 1 aliphatic heterocycles. The zero-order chi connectivity index (χ0) is 13.9. The second-order valence-electron chi connectivity index (χ2n) is 5.24. The lowest BCUT2D eigenvalue weighted by molar-refractivity contribution is 0.844. The Morgan fingerprint density at radius 3 is 2.50 bits per heavy atom. The number of hydrogen-bond donors (Lipinski definition) is 1. The molecular weight excluding hydrogens is 248 g/mol. The zero-order valence-electron chi connectivity index (χ0n) is 12.1. The van der Waals surface area contributed by atoms with E-state index in [1.54, 1.807) is 0 Å². The fourth-order valence-electron chi connectivity index (χ4n) is 2.52. The minimum Gasteiger partial charge on any atom is -0.354 e. The Kier molecular flexibility index (Phi) is 3.54. The van der Waals surface area contributed by atoms with E-state index >= 15 is 0 Å². The predicted molar refractivity (Wildman–Crippen MR) is 81.9 cm³/mol. The third-order valence-electron chi connectivity index (χ3n) is 3.54. The van der Waals surface area contributed by atoms with Crippen LogP contribution in [-0.4, -0.2) is 16.5 Å². The maximum atomic E-state index is 4.64.